The first-order valence-corrected chi connectivity index (χ1v) is 4.78. The molecule has 0 aromatic rings. The fourth-order valence-electron chi connectivity index (χ4n) is 1.67. The van der Waals surface area contributed by atoms with E-state index in [1.54, 1.807) is 0 Å². The summed E-state index contributed by atoms with van der Waals surface area (Å²) in [7, 11) is 0. The molecule has 1 N–H and O–H groups in total. The fraction of sp³-hybridized carbons (Fsp3) is 0.900. The van der Waals surface area contributed by atoms with Gasteiger partial charge in [0.05, 0.1) is 24.2 Å². The van der Waals surface area contributed by atoms with Crippen LogP contribution in [-0.4, -0.2) is 23.4 Å². The molecule has 1 aliphatic heterocycles. The van der Waals surface area contributed by atoms with E-state index >= 15 is 0 Å². The average molecular weight is 183 g/mol. The molecule has 1 aliphatic rings. The Labute approximate surface area is 79.3 Å². The average Bonchev–Trinajstić information content (AvgIpc) is 2.04. The zero-order chi connectivity index (χ0) is 9.90. The largest absolute Gasteiger partial charge is 0.389 e. The first-order chi connectivity index (χ1) is 6.07. The predicted molar refractivity (Wildman–Crippen MR) is 49.0 cm³/mol. The highest BCUT2D eigenvalue weighted by Gasteiger charge is 2.35. The van der Waals surface area contributed by atoms with E-state index in [1.165, 1.54) is 0 Å². The number of hydrogen-bond donors (Lipinski definition) is 1. The van der Waals surface area contributed by atoms with Crippen LogP contribution >= 0.6 is 0 Å². The minimum atomic E-state index is -0.804. The van der Waals surface area contributed by atoms with Crippen LogP contribution in [0.5, 0.6) is 0 Å². The molecule has 1 rings (SSSR count). The first-order valence-electron chi connectivity index (χ1n) is 4.78. The van der Waals surface area contributed by atoms with Crippen molar-refractivity contribution in [3.05, 3.63) is 0 Å². The second kappa shape index (κ2) is 4.08. The summed E-state index contributed by atoms with van der Waals surface area (Å²) in [5, 5.41) is 18.5. The maximum Gasteiger partial charge on any atom is 0.0823 e. The van der Waals surface area contributed by atoms with E-state index in [2.05, 4.69) is 13.8 Å². The van der Waals surface area contributed by atoms with Gasteiger partial charge in [0, 0.05) is 19.4 Å². The van der Waals surface area contributed by atoms with Crippen LogP contribution in [0.2, 0.25) is 0 Å². The molecule has 0 saturated carbocycles. The van der Waals surface area contributed by atoms with E-state index < -0.39 is 5.60 Å². The van der Waals surface area contributed by atoms with E-state index in [1.807, 2.05) is 6.07 Å². The van der Waals surface area contributed by atoms with Crippen molar-refractivity contribution in [3.63, 3.8) is 0 Å². The molecule has 2 unspecified atom stereocenters. The van der Waals surface area contributed by atoms with Gasteiger partial charge in [-0.1, -0.05) is 13.8 Å². The maximum absolute atomic E-state index is 9.99. The van der Waals surface area contributed by atoms with Crippen molar-refractivity contribution in [1.82, 2.24) is 0 Å². The van der Waals surface area contributed by atoms with Crippen molar-refractivity contribution in [1.29, 1.82) is 5.26 Å². The smallest absolute Gasteiger partial charge is 0.0823 e. The van der Waals surface area contributed by atoms with Gasteiger partial charge in [-0.25, -0.2) is 0 Å². The molecule has 3 nitrogen and oxygen atoms in total. The van der Waals surface area contributed by atoms with Gasteiger partial charge in [0.25, 0.3) is 0 Å². The minimum Gasteiger partial charge on any atom is -0.389 e. The van der Waals surface area contributed by atoms with Crippen LogP contribution < -0.4 is 0 Å². The molecule has 1 saturated heterocycles. The van der Waals surface area contributed by atoms with Crippen LogP contribution in [0.25, 0.3) is 0 Å². The first kappa shape index (κ1) is 10.5. The summed E-state index contributed by atoms with van der Waals surface area (Å²) in [6.07, 6.45) is 1.51. The molecule has 1 fully saturated rings. The Morgan fingerprint density at radius 1 is 1.69 bits per heavy atom. The summed E-state index contributed by atoms with van der Waals surface area (Å²) >= 11 is 0. The van der Waals surface area contributed by atoms with E-state index in [4.69, 9.17) is 10.00 Å². The summed E-state index contributed by atoms with van der Waals surface area (Å²) in [6.45, 7) is 4.71. The highest BCUT2D eigenvalue weighted by molar-refractivity contribution is 4.93. The topological polar surface area (TPSA) is 53.2 Å². The minimum absolute atomic E-state index is 0.104. The number of aliphatic hydroxyl groups is 1. The van der Waals surface area contributed by atoms with Gasteiger partial charge in [0.2, 0.25) is 0 Å². The van der Waals surface area contributed by atoms with Crippen LogP contribution in [0.15, 0.2) is 0 Å². The molecule has 0 spiro atoms. The molecule has 0 aromatic heterocycles. The van der Waals surface area contributed by atoms with E-state index in [0.29, 0.717) is 25.4 Å². The van der Waals surface area contributed by atoms with Gasteiger partial charge >= 0.3 is 0 Å². The second-order valence-corrected chi connectivity index (χ2v) is 4.17. The summed E-state index contributed by atoms with van der Waals surface area (Å²) in [5.74, 6) is 0.408. The SMILES string of the molecule is CC(C)C1CC(O)(CC#N)CCO1. The molecule has 3 heteroatoms. The van der Waals surface area contributed by atoms with Crippen molar-refractivity contribution in [2.75, 3.05) is 6.61 Å². The lowest BCUT2D eigenvalue weighted by Gasteiger charge is -2.37. The third-order valence-electron chi connectivity index (χ3n) is 2.63. The van der Waals surface area contributed by atoms with Crippen molar-refractivity contribution < 1.29 is 9.84 Å². The van der Waals surface area contributed by atoms with Gasteiger partial charge in [0.15, 0.2) is 0 Å². The Hall–Kier alpha value is -0.590. The van der Waals surface area contributed by atoms with Crippen molar-refractivity contribution >= 4 is 0 Å². The van der Waals surface area contributed by atoms with Crippen LogP contribution in [0.3, 0.4) is 0 Å². The van der Waals surface area contributed by atoms with Gasteiger partial charge < -0.3 is 9.84 Å². The van der Waals surface area contributed by atoms with Gasteiger partial charge in [-0.15, -0.1) is 0 Å². The molecule has 0 aromatic carbocycles. The summed E-state index contributed by atoms with van der Waals surface area (Å²) in [4.78, 5) is 0. The lowest BCUT2D eigenvalue weighted by Crippen LogP contribution is -2.42. The Bertz CT molecular complexity index is 209. The molecule has 13 heavy (non-hydrogen) atoms. The van der Waals surface area contributed by atoms with Crippen molar-refractivity contribution in [2.24, 2.45) is 5.92 Å². The molecular formula is C10H17NO2. The number of hydrogen-bond acceptors (Lipinski definition) is 3. The van der Waals surface area contributed by atoms with Crippen LogP contribution in [0.4, 0.5) is 0 Å². The number of nitriles is 1. The monoisotopic (exact) mass is 183 g/mol. The van der Waals surface area contributed by atoms with Crippen LogP contribution in [0.1, 0.15) is 33.1 Å². The number of ether oxygens (including phenoxy) is 1. The molecule has 0 aliphatic carbocycles. The molecule has 0 amide bonds. The van der Waals surface area contributed by atoms with Gasteiger partial charge in [-0.05, 0) is 5.92 Å². The highest BCUT2D eigenvalue weighted by atomic mass is 16.5. The Balaban J connectivity index is 2.55. The fourth-order valence-corrected chi connectivity index (χ4v) is 1.67. The van der Waals surface area contributed by atoms with E-state index in [9.17, 15) is 5.11 Å². The second-order valence-electron chi connectivity index (χ2n) is 4.17. The highest BCUT2D eigenvalue weighted by Crippen LogP contribution is 2.30. The lowest BCUT2D eigenvalue weighted by atomic mass is 9.84. The standard InChI is InChI=1S/C10H17NO2/c1-8(2)9-7-10(12,3-5-11)4-6-13-9/h8-9,12H,3-4,6-7H2,1-2H3. The third-order valence-corrected chi connectivity index (χ3v) is 2.63. The molecule has 1 heterocycles. The van der Waals surface area contributed by atoms with Crippen LogP contribution in [0, 0.1) is 17.2 Å². The molecule has 2 atom stereocenters. The zero-order valence-corrected chi connectivity index (χ0v) is 8.29. The van der Waals surface area contributed by atoms with Gasteiger partial charge in [0.1, 0.15) is 0 Å². The molecule has 74 valence electrons. The van der Waals surface area contributed by atoms with Gasteiger partial charge in [-0.2, -0.15) is 5.26 Å². The normalized spacial score (nSPS) is 34.5. The summed E-state index contributed by atoms with van der Waals surface area (Å²) in [6, 6.07) is 2.03. The van der Waals surface area contributed by atoms with Crippen molar-refractivity contribution in [2.45, 2.75) is 44.8 Å². The Kier molecular flexibility index (Phi) is 3.29. The van der Waals surface area contributed by atoms with E-state index in [0.717, 1.165) is 0 Å². The molecule has 0 bridgehead atoms. The quantitative estimate of drug-likeness (QED) is 0.705. The number of rotatable bonds is 2. The Morgan fingerprint density at radius 3 is 2.92 bits per heavy atom. The maximum atomic E-state index is 9.99. The number of nitrogens with zero attached hydrogens (tertiary/aromatic N) is 1. The summed E-state index contributed by atoms with van der Waals surface area (Å²) in [5.41, 5.74) is -0.804. The predicted octanol–water partition coefficient (Wildman–Crippen LogP) is 1.47. The van der Waals surface area contributed by atoms with E-state index in [-0.39, 0.29) is 12.5 Å². The zero-order valence-electron chi connectivity index (χ0n) is 8.29. The lowest BCUT2D eigenvalue weighted by molar-refractivity contribution is -0.114. The Morgan fingerprint density at radius 2 is 2.38 bits per heavy atom. The molecular weight excluding hydrogens is 166 g/mol. The summed E-state index contributed by atoms with van der Waals surface area (Å²) < 4.78 is 5.51. The van der Waals surface area contributed by atoms with Gasteiger partial charge in [-0.3, -0.25) is 0 Å². The third kappa shape index (κ3) is 2.68. The molecule has 0 radical (unpaired) electrons. The van der Waals surface area contributed by atoms with Crippen LogP contribution in [-0.2, 0) is 4.74 Å². The van der Waals surface area contributed by atoms with Crippen molar-refractivity contribution in [3.8, 4) is 6.07 Å².